The first kappa shape index (κ1) is 9.01. The molecule has 2 saturated heterocycles. The van der Waals surface area contributed by atoms with E-state index in [1.807, 2.05) is 0 Å². The van der Waals surface area contributed by atoms with E-state index in [0.29, 0.717) is 0 Å². The van der Waals surface area contributed by atoms with E-state index < -0.39 is 0 Å². The number of rotatable bonds is 0. The van der Waals surface area contributed by atoms with Crippen LogP contribution in [0.3, 0.4) is 0 Å². The van der Waals surface area contributed by atoms with Crippen molar-refractivity contribution in [3.8, 4) is 0 Å². The quantitative estimate of drug-likeness (QED) is 0.549. The molecule has 0 aromatic rings. The van der Waals surface area contributed by atoms with Crippen LogP contribution in [0.25, 0.3) is 0 Å². The Kier molecular flexibility index (Phi) is 4.55. The monoisotopic (exact) mass is 156 g/mol. The maximum atomic E-state index is 3.32. The summed E-state index contributed by atoms with van der Waals surface area (Å²) in [5, 5.41) is 6.54. The Morgan fingerprint density at radius 1 is 1.00 bits per heavy atom. The predicted octanol–water partition coefficient (Wildman–Crippen LogP) is 1.13. The minimum Gasteiger partial charge on any atom is -0.317 e. The van der Waals surface area contributed by atoms with Crippen LogP contribution in [0.15, 0.2) is 0 Å². The van der Waals surface area contributed by atoms with Gasteiger partial charge in [-0.05, 0) is 52.2 Å². The number of hydrogen-bond donors (Lipinski definition) is 2. The van der Waals surface area contributed by atoms with Gasteiger partial charge in [0.2, 0.25) is 0 Å². The molecule has 2 aliphatic heterocycles. The Labute approximate surface area is 69.8 Å². The third-order valence-corrected chi connectivity index (χ3v) is 2.26. The summed E-state index contributed by atoms with van der Waals surface area (Å²) in [7, 11) is 0. The summed E-state index contributed by atoms with van der Waals surface area (Å²) in [5.41, 5.74) is 0. The third kappa shape index (κ3) is 4.38. The Hall–Kier alpha value is -0.0800. The van der Waals surface area contributed by atoms with Crippen molar-refractivity contribution in [1.29, 1.82) is 0 Å². The summed E-state index contributed by atoms with van der Waals surface area (Å²) in [5.74, 6) is 0. The van der Waals surface area contributed by atoms with Gasteiger partial charge in [-0.3, -0.25) is 0 Å². The zero-order chi connectivity index (χ0) is 7.94. The minimum atomic E-state index is 0.796. The topological polar surface area (TPSA) is 24.1 Å². The van der Waals surface area contributed by atoms with Crippen molar-refractivity contribution in [1.82, 2.24) is 10.6 Å². The number of nitrogens with one attached hydrogen (secondary N) is 2. The van der Waals surface area contributed by atoms with E-state index in [9.17, 15) is 0 Å². The van der Waals surface area contributed by atoms with Crippen LogP contribution in [0.1, 0.15) is 32.6 Å². The molecule has 0 saturated carbocycles. The summed E-state index contributed by atoms with van der Waals surface area (Å²) in [6, 6.07) is 0.796. The van der Waals surface area contributed by atoms with Gasteiger partial charge < -0.3 is 10.6 Å². The summed E-state index contributed by atoms with van der Waals surface area (Å²) < 4.78 is 0. The predicted molar refractivity (Wildman–Crippen MR) is 48.8 cm³/mol. The van der Waals surface area contributed by atoms with Gasteiger partial charge in [-0.1, -0.05) is 0 Å². The molecule has 2 fully saturated rings. The van der Waals surface area contributed by atoms with Crippen LogP contribution in [-0.4, -0.2) is 25.7 Å². The zero-order valence-electron chi connectivity index (χ0n) is 7.53. The molecule has 0 aromatic heterocycles. The second-order valence-electron chi connectivity index (χ2n) is 3.45. The summed E-state index contributed by atoms with van der Waals surface area (Å²) in [6.07, 6.45) is 5.53. The lowest BCUT2D eigenvalue weighted by atomic mass is 10.3. The molecule has 0 aromatic carbocycles. The molecule has 0 unspecified atom stereocenters. The molecule has 0 spiro atoms. The van der Waals surface area contributed by atoms with Gasteiger partial charge in [0.1, 0.15) is 0 Å². The van der Waals surface area contributed by atoms with E-state index in [0.717, 1.165) is 6.04 Å². The molecule has 0 bridgehead atoms. The molecule has 2 aliphatic rings. The van der Waals surface area contributed by atoms with Gasteiger partial charge in [-0.15, -0.1) is 0 Å². The fourth-order valence-corrected chi connectivity index (χ4v) is 1.48. The van der Waals surface area contributed by atoms with Gasteiger partial charge in [0.05, 0.1) is 0 Å². The average molecular weight is 156 g/mol. The lowest BCUT2D eigenvalue weighted by molar-refractivity contribution is 0.664. The van der Waals surface area contributed by atoms with E-state index in [2.05, 4.69) is 17.6 Å². The molecule has 0 radical (unpaired) electrons. The summed E-state index contributed by atoms with van der Waals surface area (Å²) >= 11 is 0. The van der Waals surface area contributed by atoms with Crippen LogP contribution >= 0.6 is 0 Å². The Morgan fingerprint density at radius 2 is 1.73 bits per heavy atom. The smallest absolute Gasteiger partial charge is 0.00391 e. The molecular formula is C9H20N2. The first-order valence-electron chi connectivity index (χ1n) is 4.83. The Bertz CT molecular complexity index is 76.0. The highest BCUT2D eigenvalue weighted by molar-refractivity contribution is 4.67. The van der Waals surface area contributed by atoms with Crippen molar-refractivity contribution >= 4 is 0 Å². The van der Waals surface area contributed by atoms with E-state index >= 15 is 0 Å². The van der Waals surface area contributed by atoms with Crippen molar-refractivity contribution in [3.05, 3.63) is 0 Å². The van der Waals surface area contributed by atoms with Crippen LogP contribution in [0.4, 0.5) is 0 Å². The van der Waals surface area contributed by atoms with Gasteiger partial charge in [-0.2, -0.15) is 0 Å². The second-order valence-corrected chi connectivity index (χ2v) is 3.45. The fourth-order valence-electron chi connectivity index (χ4n) is 1.48. The van der Waals surface area contributed by atoms with E-state index in [4.69, 9.17) is 0 Å². The van der Waals surface area contributed by atoms with Crippen molar-refractivity contribution in [2.75, 3.05) is 19.6 Å². The standard InChI is InChI=1S/C5H11N.C4H9N/c1-5-3-2-4-6-5;1-2-4-5-3-1/h5-6H,2-4H2,1H3;5H,1-4H2/t5-;/m1./s1. The maximum Gasteiger partial charge on any atom is 0.00391 e. The molecule has 0 amide bonds. The van der Waals surface area contributed by atoms with Crippen molar-refractivity contribution in [3.63, 3.8) is 0 Å². The van der Waals surface area contributed by atoms with E-state index in [1.165, 1.54) is 45.3 Å². The molecule has 66 valence electrons. The van der Waals surface area contributed by atoms with Crippen molar-refractivity contribution in [2.24, 2.45) is 0 Å². The van der Waals surface area contributed by atoms with Gasteiger partial charge in [0.15, 0.2) is 0 Å². The average Bonchev–Trinajstić information content (AvgIpc) is 2.57. The molecule has 2 rings (SSSR count). The van der Waals surface area contributed by atoms with Crippen LogP contribution in [0.5, 0.6) is 0 Å². The van der Waals surface area contributed by atoms with Crippen LogP contribution in [0, 0.1) is 0 Å². The first-order valence-corrected chi connectivity index (χ1v) is 4.83. The first-order chi connectivity index (χ1) is 5.39. The maximum absolute atomic E-state index is 3.32. The van der Waals surface area contributed by atoms with E-state index in [-0.39, 0.29) is 0 Å². The van der Waals surface area contributed by atoms with Crippen molar-refractivity contribution < 1.29 is 0 Å². The lowest BCUT2D eigenvalue weighted by Gasteiger charge is -1.95. The van der Waals surface area contributed by atoms with Gasteiger partial charge in [-0.25, -0.2) is 0 Å². The van der Waals surface area contributed by atoms with Gasteiger partial charge >= 0.3 is 0 Å². The lowest BCUT2D eigenvalue weighted by Crippen LogP contribution is -2.16. The molecule has 2 N–H and O–H groups in total. The molecule has 11 heavy (non-hydrogen) atoms. The largest absolute Gasteiger partial charge is 0.317 e. The van der Waals surface area contributed by atoms with Crippen LogP contribution < -0.4 is 10.6 Å². The second kappa shape index (κ2) is 5.56. The molecule has 2 heteroatoms. The van der Waals surface area contributed by atoms with Crippen molar-refractivity contribution in [2.45, 2.75) is 38.6 Å². The van der Waals surface area contributed by atoms with Crippen LogP contribution in [-0.2, 0) is 0 Å². The minimum absolute atomic E-state index is 0.796. The molecule has 1 atom stereocenters. The third-order valence-electron chi connectivity index (χ3n) is 2.26. The summed E-state index contributed by atoms with van der Waals surface area (Å²) in [4.78, 5) is 0. The Balaban J connectivity index is 0.000000112. The van der Waals surface area contributed by atoms with Crippen LogP contribution in [0.2, 0.25) is 0 Å². The molecule has 2 nitrogen and oxygen atoms in total. The summed E-state index contributed by atoms with van der Waals surface area (Å²) in [6.45, 7) is 5.97. The molecule has 2 heterocycles. The van der Waals surface area contributed by atoms with Gasteiger partial charge in [0, 0.05) is 6.04 Å². The highest BCUT2D eigenvalue weighted by Crippen LogP contribution is 2.01. The molecule has 0 aliphatic carbocycles. The zero-order valence-corrected chi connectivity index (χ0v) is 7.53. The highest BCUT2D eigenvalue weighted by atomic mass is 14.9. The molecular weight excluding hydrogens is 136 g/mol. The fraction of sp³-hybridized carbons (Fsp3) is 1.00. The van der Waals surface area contributed by atoms with Gasteiger partial charge in [0.25, 0.3) is 0 Å². The SMILES string of the molecule is C1CCNC1.C[C@@H]1CCCN1. The van der Waals surface area contributed by atoms with E-state index in [1.54, 1.807) is 0 Å². The highest BCUT2D eigenvalue weighted by Gasteiger charge is 2.05. The Morgan fingerprint density at radius 3 is 1.91 bits per heavy atom. The normalized spacial score (nSPS) is 29.7. The number of hydrogen-bond acceptors (Lipinski definition) is 2.